The van der Waals surface area contributed by atoms with Gasteiger partial charge in [-0.05, 0) is 24.5 Å². The molecule has 5 nitrogen and oxygen atoms in total. The molecule has 1 aliphatic heterocycles. The van der Waals surface area contributed by atoms with Crippen LogP contribution in [0.1, 0.15) is 12.8 Å². The predicted octanol–water partition coefficient (Wildman–Crippen LogP) is 1.50. The number of halogens is 1. The Kier molecular flexibility index (Phi) is 3.87. The Morgan fingerprint density at radius 1 is 1.50 bits per heavy atom. The molecule has 2 heterocycles. The van der Waals surface area contributed by atoms with E-state index < -0.39 is 9.84 Å². The first-order valence-corrected chi connectivity index (χ1v) is 7.77. The number of anilines is 1. The SMILES string of the molecule is O=C(CC1CCS(=O)(=O)C1)Nc1cccc(Cl)n1. The molecule has 1 aromatic heterocycles. The van der Waals surface area contributed by atoms with Crippen molar-refractivity contribution in [3.05, 3.63) is 23.4 Å². The van der Waals surface area contributed by atoms with Gasteiger partial charge in [0, 0.05) is 6.42 Å². The maximum atomic E-state index is 11.7. The van der Waals surface area contributed by atoms with Crippen molar-refractivity contribution in [1.29, 1.82) is 0 Å². The normalized spacial score (nSPS) is 21.7. The largest absolute Gasteiger partial charge is 0.311 e. The van der Waals surface area contributed by atoms with Gasteiger partial charge in [-0.15, -0.1) is 0 Å². The molecule has 0 aromatic carbocycles. The number of hydrogen-bond donors (Lipinski definition) is 1. The summed E-state index contributed by atoms with van der Waals surface area (Å²) in [4.78, 5) is 15.6. The van der Waals surface area contributed by atoms with Crippen LogP contribution >= 0.6 is 11.6 Å². The van der Waals surface area contributed by atoms with Crippen molar-refractivity contribution < 1.29 is 13.2 Å². The summed E-state index contributed by atoms with van der Waals surface area (Å²) in [6.07, 6.45) is 0.756. The standard InChI is InChI=1S/C11H13ClN2O3S/c12-9-2-1-3-10(13-9)14-11(15)6-8-4-5-18(16,17)7-8/h1-3,8H,4-7H2,(H,13,14,15). The van der Waals surface area contributed by atoms with Gasteiger partial charge < -0.3 is 5.32 Å². The monoisotopic (exact) mass is 288 g/mol. The summed E-state index contributed by atoms with van der Waals surface area (Å²) in [6, 6.07) is 4.93. The molecule has 0 saturated carbocycles. The number of sulfone groups is 1. The van der Waals surface area contributed by atoms with Crippen LogP contribution in [-0.2, 0) is 14.6 Å². The van der Waals surface area contributed by atoms with Gasteiger partial charge in [-0.25, -0.2) is 13.4 Å². The molecule has 2 rings (SSSR count). The smallest absolute Gasteiger partial charge is 0.225 e. The first-order valence-electron chi connectivity index (χ1n) is 5.57. The predicted molar refractivity (Wildman–Crippen MR) is 69.3 cm³/mol. The number of aromatic nitrogens is 1. The Morgan fingerprint density at radius 2 is 2.28 bits per heavy atom. The highest BCUT2D eigenvalue weighted by Crippen LogP contribution is 2.22. The lowest BCUT2D eigenvalue weighted by Crippen LogP contribution is -2.18. The molecular weight excluding hydrogens is 276 g/mol. The maximum Gasteiger partial charge on any atom is 0.225 e. The van der Waals surface area contributed by atoms with Crippen molar-refractivity contribution in [2.75, 3.05) is 16.8 Å². The van der Waals surface area contributed by atoms with Gasteiger partial charge in [-0.2, -0.15) is 0 Å². The number of carbonyl (C=O) groups is 1. The lowest BCUT2D eigenvalue weighted by atomic mass is 10.1. The number of amides is 1. The van der Waals surface area contributed by atoms with Crippen molar-refractivity contribution in [1.82, 2.24) is 4.98 Å². The average molecular weight is 289 g/mol. The molecule has 98 valence electrons. The number of carbonyl (C=O) groups excluding carboxylic acids is 1. The highest BCUT2D eigenvalue weighted by Gasteiger charge is 2.29. The number of pyridine rings is 1. The lowest BCUT2D eigenvalue weighted by molar-refractivity contribution is -0.116. The molecule has 1 fully saturated rings. The van der Waals surface area contributed by atoms with E-state index in [2.05, 4.69) is 10.3 Å². The van der Waals surface area contributed by atoms with E-state index in [0.717, 1.165) is 0 Å². The molecule has 0 bridgehead atoms. The summed E-state index contributed by atoms with van der Waals surface area (Å²) in [7, 11) is -2.94. The van der Waals surface area contributed by atoms with Crippen molar-refractivity contribution in [2.24, 2.45) is 5.92 Å². The quantitative estimate of drug-likeness (QED) is 0.855. The Hall–Kier alpha value is -1.14. The van der Waals surface area contributed by atoms with Crippen LogP contribution in [0.2, 0.25) is 5.15 Å². The molecule has 0 spiro atoms. The summed E-state index contributed by atoms with van der Waals surface area (Å²) in [6.45, 7) is 0. The van der Waals surface area contributed by atoms with E-state index in [9.17, 15) is 13.2 Å². The Morgan fingerprint density at radius 3 is 2.89 bits per heavy atom. The van der Waals surface area contributed by atoms with Crippen LogP contribution in [-0.4, -0.2) is 30.8 Å². The van der Waals surface area contributed by atoms with E-state index in [4.69, 9.17) is 11.6 Å². The molecule has 1 unspecified atom stereocenters. The Labute approximate surface area is 110 Å². The van der Waals surface area contributed by atoms with Crippen LogP contribution in [0.15, 0.2) is 18.2 Å². The number of rotatable bonds is 3. The van der Waals surface area contributed by atoms with E-state index in [1.165, 1.54) is 0 Å². The Balaban J connectivity index is 1.90. The highest BCUT2D eigenvalue weighted by atomic mass is 35.5. The van der Waals surface area contributed by atoms with E-state index >= 15 is 0 Å². The summed E-state index contributed by atoms with van der Waals surface area (Å²) in [5.74, 6) is 0.346. The van der Waals surface area contributed by atoms with E-state index in [-0.39, 0.29) is 29.8 Å². The lowest BCUT2D eigenvalue weighted by Gasteiger charge is -2.08. The van der Waals surface area contributed by atoms with Gasteiger partial charge in [0.25, 0.3) is 0 Å². The summed E-state index contributed by atoms with van der Waals surface area (Å²) in [5.41, 5.74) is 0. The summed E-state index contributed by atoms with van der Waals surface area (Å²) in [5, 5.41) is 2.91. The van der Waals surface area contributed by atoms with Crippen LogP contribution in [0.4, 0.5) is 5.82 Å². The van der Waals surface area contributed by atoms with Crippen LogP contribution in [0, 0.1) is 5.92 Å². The summed E-state index contributed by atoms with van der Waals surface area (Å²) >= 11 is 5.69. The zero-order valence-electron chi connectivity index (χ0n) is 9.60. The zero-order valence-corrected chi connectivity index (χ0v) is 11.2. The summed E-state index contributed by atoms with van der Waals surface area (Å²) < 4.78 is 22.5. The van der Waals surface area contributed by atoms with Gasteiger partial charge >= 0.3 is 0 Å². The number of nitrogens with zero attached hydrogens (tertiary/aromatic N) is 1. The van der Waals surface area contributed by atoms with E-state index in [0.29, 0.717) is 17.4 Å². The van der Waals surface area contributed by atoms with Crippen molar-refractivity contribution in [2.45, 2.75) is 12.8 Å². The van der Waals surface area contributed by atoms with Gasteiger partial charge in [-0.1, -0.05) is 17.7 Å². The molecule has 0 aliphatic carbocycles. The average Bonchev–Trinajstić information content (AvgIpc) is 2.57. The second-order valence-corrected chi connectivity index (χ2v) is 6.98. The van der Waals surface area contributed by atoms with Crippen molar-refractivity contribution >= 4 is 33.2 Å². The van der Waals surface area contributed by atoms with Gasteiger partial charge in [0.2, 0.25) is 5.91 Å². The maximum absolute atomic E-state index is 11.7. The molecule has 1 aliphatic rings. The first-order chi connectivity index (χ1) is 8.44. The molecule has 0 radical (unpaired) electrons. The molecule has 18 heavy (non-hydrogen) atoms. The minimum atomic E-state index is -2.94. The van der Waals surface area contributed by atoms with Gasteiger partial charge in [0.1, 0.15) is 11.0 Å². The topological polar surface area (TPSA) is 76.1 Å². The van der Waals surface area contributed by atoms with Gasteiger partial charge in [-0.3, -0.25) is 4.79 Å². The fourth-order valence-electron chi connectivity index (χ4n) is 1.97. The highest BCUT2D eigenvalue weighted by molar-refractivity contribution is 7.91. The second-order valence-electron chi connectivity index (χ2n) is 4.37. The van der Waals surface area contributed by atoms with Crippen molar-refractivity contribution in [3.8, 4) is 0 Å². The molecule has 1 saturated heterocycles. The second kappa shape index (κ2) is 5.24. The van der Waals surface area contributed by atoms with Gasteiger partial charge in [0.15, 0.2) is 9.84 Å². The van der Waals surface area contributed by atoms with Gasteiger partial charge in [0.05, 0.1) is 11.5 Å². The molecule has 1 amide bonds. The van der Waals surface area contributed by atoms with Crippen LogP contribution in [0.25, 0.3) is 0 Å². The van der Waals surface area contributed by atoms with Crippen LogP contribution in [0.5, 0.6) is 0 Å². The minimum Gasteiger partial charge on any atom is -0.311 e. The third-order valence-corrected chi connectivity index (χ3v) is 4.83. The molecule has 1 atom stereocenters. The minimum absolute atomic E-state index is 0.0887. The van der Waals surface area contributed by atoms with E-state index in [1.807, 2.05) is 0 Å². The van der Waals surface area contributed by atoms with Crippen LogP contribution < -0.4 is 5.32 Å². The first kappa shape index (κ1) is 13.3. The number of nitrogens with one attached hydrogen (secondary N) is 1. The molecule has 1 aromatic rings. The fraction of sp³-hybridized carbons (Fsp3) is 0.455. The van der Waals surface area contributed by atoms with Crippen LogP contribution in [0.3, 0.4) is 0 Å². The molecular formula is C11H13ClN2O3S. The number of hydrogen-bond acceptors (Lipinski definition) is 4. The Bertz CT molecular complexity index is 559. The van der Waals surface area contributed by atoms with Crippen molar-refractivity contribution in [3.63, 3.8) is 0 Å². The third kappa shape index (κ3) is 3.68. The third-order valence-electron chi connectivity index (χ3n) is 2.78. The molecule has 7 heteroatoms. The van der Waals surface area contributed by atoms with E-state index in [1.54, 1.807) is 18.2 Å². The zero-order chi connectivity index (χ0) is 13.2. The fourth-order valence-corrected chi connectivity index (χ4v) is 3.99. The molecule has 1 N–H and O–H groups in total.